The molecule has 1 aliphatic carbocycles. The molecule has 1 aromatic carbocycles. The number of anilines is 1. The second kappa shape index (κ2) is 8.20. The van der Waals surface area contributed by atoms with Crippen molar-refractivity contribution in [3.05, 3.63) is 24.5 Å². The van der Waals surface area contributed by atoms with Gasteiger partial charge < -0.3 is 20.1 Å². The third kappa shape index (κ3) is 4.49. The molecule has 2 aromatic rings. The molecule has 0 bridgehead atoms. The molecule has 2 unspecified atom stereocenters. The molecule has 0 spiro atoms. The van der Waals surface area contributed by atoms with Gasteiger partial charge in [0, 0.05) is 18.0 Å². The maximum absolute atomic E-state index is 13.0. The third-order valence-electron chi connectivity index (χ3n) is 5.84. The van der Waals surface area contributed by atoms with Crippen molar-refractivity contribution in [1.29, 1.82) is 0 Å². The first-order valence-electron chi connectivity index (χ1n) is 10.0. The van der Waals surface area contributed by atoms with Crippen molar-refractivity contribution in [2.75, 3.05) is 11.9 Å². The molecule has 1 amide bonds. The number of nitrogens with zero attached hydrogens (tertiary/aromatic N) is 3. The van der Waals surface area contributed by atoms with Gasteiger partial charge in [0.1, 0.15) is 23.9 Å². The van der Waals surface area contributed by atoms with Crippen LogP contribution in [-0.4, -0.2) is 56.8 Å². The number of halogens is 3. The average Bonchev–Trinajstić information content (AvgIpc) is 3.07. The zero-order valence-corrected chi connectivity index (χ0v) is 16.4. The van der Waals surface area contributed by atoms with Gasteiger partial charge in [0.2, 0.25) is 5.91 Å². The number of fused-ring (bicyclic) bond motifs is 1. The van der Waals surface area contributed by atoms with Crippen molar-refractivity contribution in [1.82, 2.24) is 14.9 Å². The average molecular weight is 438 g/mol. The van der Waals surface area contributed by atoms with Crippen molar-refractivity contribution in [2.24, 2.45) is 5.92 Å². The zero-order chi connectivity index (χ0) is 22.2. The predicted octanol–water partition coefficient (Wildman–Crippen LogP) is 3.18. The Kier molecular flexibility index (Phi) is 5.59. The summed E-state index contributed by atoms with van der Waals surface area (Å²) in [6.07, 6.45) is -0.259. The van der Waals surface area contributed by atoms with Crippen LogP contribution in [0, 0.1) is 5.92 Å². The molecule has 8 nitrogen and oxygen atoms in total. The molecule has 1 saturated carbocycles. The molecule has 1 aliphatic heterocycles. The highest BCUT2D eigenvalue weighted by Gasteiger charge is 2.42. The van der Waals surface area contributed by atoms with Crippen LogP contribution >= 0.6 is 0 Å². The molecule has 3 atom stereocenters. The fourth-order valence-corrected chi connectivity index (χ4v) is 4.45. The van der Waals surface area contributed by atoms with E-state index in [4.69, 9.17) is 0 Å². The summed E-state index contributed by atoms with van der Waals surface area (Å²) in [5.74, 6) is -1.90. The Bertz CT molecular complexity index is 1000. The Morgan fingerprint density at radius 2 is 1.97 bits per heavy atom. The van der Waals surface area contributed by atoms with Gasteiger partial charge in [0.05, 0.1) is 11.4 Å². The maximum Gasteiger partial charge on any atom is 0.573 e. The summed E-state index contributed by atoms with van der Waals surface area (Å²) in [6, 6.07) is 2.71. The minimum absolute atomic E-state index is 0.219. The van der Waals surface area contributed by atoms with Gasteiger partial charge in [-0.2, -0.15) is 0 Å². The summed E-state index contributed by atoms with van der Waals surface area (Å²) < 4.78 is 41.7. The Hall–Kier alpha value is -3.11. The number of carboxylic acids is 1. The first kappa shape index (κ1) is 21.1. The van der Waals surface area contributed by atoms with E-state index in [0.717, 1.165) is 18.9 Å². The molecular formula is C20H21F3N4O4. The number of hydrogen-bond donors (Lipinski definition) is 2. The van der Waals surface area contributed by atoms with E-state index in [9.17, 15) is 27.9 Å². The lowest BCUT2D eigenvalue weighted by molar-refractivity contribution is -0.274. The van der Waals surface area contributed by atoms with Crippen molar-refractivity contribution in [3.63, 3.8) is 0 Å². The first-order valence-corrected chi connectivity index (χ1v) is 10.0. The number of aromatic nitrogens is 2. The van der Waals surface area contributed by atoms with Gasteiger partial charge >= 0.3 is 12.3 Å². The summed E-state index contributed by atoms with van der Waals surface area (Å²) in [6.45, 7) is 0.413. The van der Waals surface area contributed by atoms with E-state index in [1.165, 1.54) is 18.5 Å². The van der Waals surface area contributed by atoms with Crippen LogP contribution in [0.15, 0.2) is 24.5 Å². The summed E-state index contributed by atoms with van der Waals surface area (Å²) in [7, 11) is 0. The van der Waals surface area contributed by atoms with E-state index in [1.54, 1.807) is 4.90 Å². The van der Waals surface area contributed by atoms with Gasteiger partial charge in [-0.1, -0.05) is 12.8 Å². The number of alkyl halides is 3. The fraction of sp³-hybridized carbons (Fsp3) is 0.500. The van der Waals surface area contributed by atoms with Crippen LogP contribution in [-0.2, 0) is 9.59 Å². The van der Waals surface area contributed by atoms with Gasteiger partial charge in [0.25, 0.3) is 0 Å². The van der Waals surface area contributed by atoms with Crippen LogP contribution < -0.4 is 10.1 Å². The standard InChI is InChI=1S/C20H21F3N4O4/c21-20(22,23)31-11-5-6-14-13(9-11)17(25-10-24-14)26-15-7-8-27(18(15)28)16-4-2-1-3-12(16)19(29)30/h5-6,9-10,12,15-16H,1-4,7-8H2,(H,29,30)(H,24,25,26)/t12?,15-,16?/m0/s1. The highest BCUT2D eigenvalue weighted by Crippen LogP contribution is 2.33. The fourth-order valence-electron chi connectivity index (χ4n) is 4.45. The summed E-state index contributed by atoms with van der Waals surface area (Å²) >= 11 is 0. The van der Waals surface area contributed by atoms with Crippen LogP contribution in [0.3, 0.4) is 0 Å². The lowest BCUT2D eigenvalue weighted by Gasteiger charge is -2.35. The summed E-state index contributed by atoms with van der Waals surface area (Å²) in [5, 5.41) is 12.8. The number of amides is 1. The lowest BCUT2D eigenvalue weighted by Crippen LogP contribution is -2.47. The second-order valence-corrected chi connectivity index (χ2v) is 7.76. The number of ether oxygens (including phenoxy) is 1. The molecule has 2 heterocycles. The van der Waals surface area contributed by atoms with Gasteiger partial charge in [0.15, 0.2) is 0 Å². The van der Waals surface area contributed by atoms with Crippen molar-refractivity contribution >= 4 is 28.6 Å². The number of carbonyl (C=O) groups is 2. The number of nitrogens with one attached hydrogen (secondary N) is 1. The largest absolute Gasteiger partial charge is 0.573 e. The van der Waals surface area contributed by atoms with Crippen LogP contribution in [0.5, 0.6) is 5.75 Å². The molecule has 2 fully saturated rings. The molecule has 1 aromatic heterocycles. The zero-order valence-electron chi connectivity index (χ0n) is 16.4. The number of hydrogen-bond acceptors (Lipinski definition) is 6. The van der Waals surface area contributed by atoms with E-state index in [2.05, 4.69) is 20.0 Å². The molecule has 166 valence electrons. The van der Waals surface area contributed by atoms with E-state index in [0.29, 0.717) is 31.3 Å². The summed E-state index contributed by atoms with van der Waals surface area (Å²) in [5.41, 5.74) is 0.396. The highest BCUT2D eigenvalue weighted by molar-refractivity contribution is 5.93. The Balaban J connectivity index is 1.55. The SMILES string of the molecule is O=C(O)C1CCCCC1N1CC[C@H](Nc2ncnc3ccc(OC(F)(F)F)cc23)C1=O. The molecule has 1 saturated heterocycles. The van der Waals surface area contributed by atoms with E-state index >= 15 is 0 Å². The molecule has 31 heavy (non-hydrogen) atoms. The molecule has 2 aliphatic rings. The van der Waals surface area contributed by atoms with Crippen LogP contribution in [0.1, 0.15) is 32.1 Å². The van der Waals surface area contributed by atoms with E-state index < -0.39 is 30.0 Å². The molecular weight excluding hydrogens is 417 g/mol. The van der Waals surface area contributed by atoms with Crippen LogP contribution in [0.2, 0.25) is 0 Å². The molecule has 0 radical (unpaired) electrons. The first-order chi connectivity index (χ1) is 14.7. The highest BCUT2D eigenvalue weighted by atomic mass is 19.4. The number of rotatable bonds is 5. The maximum atomic E-state index is 13.0. The van der Waals surface area contributed by atoms with Gasteiger partial charge in [-0.25, -0.2) is 9.97 Å². The number of benzene rings is 1. The monoisotopic (exact) mass is 438 g/mol. The molecule has 11 heteroatoms. The number of likely N-dealkylation sites (tertiary alicyclic amines) is 1. The van der Waals surface area contributed by atoms with Crippen LogP contribution in [0.25, 0.3) is 10.9 Å². The lowest BCUT2D eigenvalue weighted by atomic mass is 9.83. The van der Waals surface area contributed by atoms with E-state index in [-0.39, 0.29) is 23.2 Å². The molecule has 4 rings (SSSR count). The smallest absolute Gasteiger partial charge is 0.481 e. The van der Waals surface area contributed by atoms with Crippen LogP contribution in [0.4, 0.5) is 19.0 Å². The number of aliphatic carboxylic acids is 1. The minimum atomic E-state index is -4.83. The minimum Gasteiger partial charge on any atom is -0.481 e. The third-order valence-corrected chi connectivity index (χ3v) is 5.84. The quantitative estimate of drug-likeness (QED) is 0.739. The van der Waals surface area contributed by atoms with E-state index in [1.807, 2.05) is 0 Å². The number of carboxylic acid groups (broad SMARTS) is 1. The van der Waals surface area contributed by atoms with Gasteiger partial charge in [-0.05, 0) is 37.5 Å². The summed E-state index contributed by atoms with van der Waals surface area (Å²) in [4.78, 5) is 34.4. The second-order valence-electron chi connectivity index (χ2n) is 7.76. The van der Waals surface area contributed by atoms with Crippen molar-refractivity contribution < 1.29 is 32.6 Å². The van der Waals surface area contributed by atoms with Gasteiger partial charge in [-0.3, -0.25) is 9.59 Å². The van der Waals surface area contributed by atoms with Crippen molar-refractivity contribution in [2.45, 2.75) is 50.6 Å². The topological polar surface area (TPSA) is 105 Å². The van der Waals surface area contributed by atoms with Crippen molar-refractivity contribution in [3.8, 4) is 5.75 Å². The molecule has 2 N–H and O–H groups in total. The Morgan fingerprint density at radius 3 is 2.71 bits per heavy atom. The Morgan fingerprint density at radius 1 is 1.19 bits per heavy atom. The number of carbonyl (C=O) groups excluding carboxylic acids is 1. The Labute approximate surface area is 175 Å². The predicted molar refractivity (Wildman–Crippen MR) is 103 cm³/mol. The normalized spacial score (nSPS) is 24.4. The van der Waals surface area contributed by atoms with Gasteiger partial charge in [-0.15, -0.1) is 13.2 Å².